The maximum absolute atomic E-state index is 13.5. The molecule has 0 aliphatic heterocycles. The molecule has 21 heavy (non-hydrogen) atoms. The molecular weight excluding hydrogens is 269 g/mol. The Morgan fingerprint density at radius 2 is 1.90 bits per heavy atom. The van der Waals surface area contributed by atoms with Gasteiger partial charge in [-0.15, -0.1) is 5.10 Å². The van der Waals surface area contributed by atoms with Crippen molar-refractivity contribution in [1.82, 2.24) is 15.0 Å². The first-order valence-electron chi connectivity index (χ1n) is 6.44. The van der Waals surface area contributed by atoms with Gasteiger partial charge in [0.25, 0.3) is 0 Å². The summed E-state index contributed by atoms with van der Waals surface area (Å²) < 4.78 is 13.5. The molecule has 0 saturated heterocycles. The van der Waals surface area contributed by atoms with E-state index in [4.69, 9.17) is 0 Å². The van der Waals surface area contributed by atoms with Gasteiger partial charge in [0.1, 0.15) is 5.82 Å². The Morgan fingerprint density at radius 3 is 2.62 bits per heavy atom. The molecule has 0 radical (unpaired) electrons. The molecule has 1 aromatic heterocycles. The number of rotatable bonds is 3. The smallest absolute Gasteiger partial charge is 0.215 e. The molecule has 0 saturated carbocycles. The van der Waals surface area contributed by atoms with Gasteiger partial charge in [-0.2, -0.15) is 9.90 Å². The van der Waals surface area contributed by atoms with Crippen molar-refractivity contribution in [1.29, 1.82) is 0 Å². The lowest BCUT2D eigenvalue weighted by Gasteiger charge is -2.00. The molecule has 0 aliphatic carbocycles. The first kappa shape index (κ1) is 13.2. The van der Waals surface area contributed by atoms with E-state index in [1.807, 2.05) is 30.3 Å². The van der Waals surface area contributed by atoms with Crippen LogP contribution in [0.2, 0.25) is 0 Å². The third-order valence-corrected chi connectivity index (χ3v) is 3.15. The maximum Gasteiger partial charge on any atom is 0.215 e. The molecule has 3 aromatic rings. The minimum Gasteiger partial charge on any atom is -0.287 e. The van der Waals surface area contributed by atoms with Crippen LogP contribution in [-0.4, -0.2) is 20.8 Å². The van der Waals surface area contributed by atoms with E-state index in [2.05, 4.69) is 10.2 Å². The average molecular weight is 281 g/mol. The van der Waals surface area contributed by atoms with Crippen molar-refractivity contribution < 1.29 is 9.18 Å². The number of hydrogen-bond acceptors (Lipinski definition) is 3. The second-order valence-electron chi connectivity index (χ2n) is 4.65. The Balaban J connectivity index is 1.92. The highest BCUT2D eigenvalue weighted by atomic mass is 19.1. The molecule has 0 amide bonds. The third-order valence-electron chi connectivity index (χ3n) is 3.15. The fourth-order valence-electron chi connectivity index (χ4n) is 1.93. The molecule has 0 atom stereocenters. The van der Waals surface area contributed by atoms with Gasteiger partial charge in [0.2, 0.25) is 5.78 Å². The molecular formula is C16H12FN3O. The topological polar surface area (TPSA) is 47.8 Å². The number of carbonyl (C=O) groups is 1. The van der Waals surface area contributed by atoms with Crippen LogP contribution in [0.15, 0.2) is 54.7 Å². The number of halogens is 1. The van der Waals surface area contributed by atoms with Crippen LogP contribution in [0.1, 0.15) is 21.6 Å². The second kappa shape index (κ2) is 5.28. The number of aryl methyl sites for hydroxylation is 1. The van der Waals surface area contributed by atoms with Crippen LogP contribution >= 0.6 is 0 Å². The van der Waals surface area contributed by atoms with Crippen molar-refractivity contribution in [2.24, 2.45) is 0 Å². The minimum atomic E-state index is -0.406. The molecule has 0 spiro atoms. The van der Waals surface area contributed by atoms with E-state index in [-0.39, 0.29) is 17.0 Å². The van der Waals surface area contributed by atoms with Gasteiger partial charge in [0, 0.05) is 5.56 Å². The third kappa shape index (κ3) is 2.58. The van der Waals surface area contributed by atoms with Gasteiger partial charge in [0.05, 0.1) is 11.9 Å². The van der Waals surface area contributed by atoms with E-state index < -0.39 is 5.82 Å². The molecule has 0 unspecified atom stereocenters. The lowest BCUT2D eigenvalue weighted by Crippen LogP contribution is -2.05. The largest absolute Gasteiger partial charge is 0.287 e. The van der Waals surface area contributed by atoms with Gasteiger partial charge in [0.15, 0.2) is 5.69 Å². The fraction of sp³-hybridized carbons (Fsp3) is 0.0625. The normalized spacial score (nSPS) is 10.6. The Morgan fingerprint density at radius 1 is 1.14 bits per heavy atom. The van der Waals surface area contributed by atoms with E-state index in [0.29, 0.717) is 5.56 Å². The van der Waals surface area contributed by atoms with E-state index >= 15 is 0 Å². The van der Waals surface area contributed by atoms with Crippen LogP contribution in [0.5, 0.6) is 0 Å². The van der Waals surface area contributed by atoms with Crippen molar-refractivity contribution in [3.63, 3.8) is 0 Å². The van der Waals surface area contributed by atoms with Gasteiger partial charge in [-0.05, 0) is 30.7 Å². The summed E-state index contributed by atoms with van der Waals surface area (Å²) in [5.74, 6) is -0.757. The fourth-order valence-corrected chi connectivity index (χ4v) is 1.93. The van der Waals surface area contributed by atoms with Crippen LogP contribution < -0.4 is 0 Å². The predicted octanol–water partition coefficient (Wildman–Crippen LogP) is 2.95. The Labute approximate surface area is 120 Å². The summed E-state index contributed by atoms with van der Waals surface area (Å²) in [6, 6.07) is 13.6. The standard InChI is InChI=1S/C16H12FN3O/c1-11-7-8-12(9-14(11)17)16(21)15-10-18-20(19-15)13-5-3-2-4-6-13/h2-10H,1H3. The van der Waals surface area contributed by atoms with E-state index in [1.54, 1.807) is 19.1 Å². The molecule has 0 N–H and O–H groups in total. The first-order valence-corrected chi connectivity index (χ1v) is 6.44. The van der Waals surface area contributed by atoms with E-state index in [0.717, 1.165) is 5.69 Å². The quantitative estimate of drug-likeness (QED) is 0.693. The highest BCUT2D eigenvalue weighted by Crippen LogP contribution is 2.13. The second-order valence-corrected chi connectivity index (χ2v) is 4.65. The lowest BCUT2D eigenvalue weighted by molar-refractivity contribution is 0.103. The van der Waals surface area contributed by atoms with Crippen molar-refractivity contribution >= 4 is 5.78 Å². The molecule has 0 bridgehead atoms. The Hall–Kier alpha value is -2.82. The summed E-state index contributed by atoms with van der Waals surface area (Å²) in [7, 11) is 0. The number of ketones is 1. The van der Waals surface area contributed by atoms with Crippen molar-refractivity contribution in [3.8, 4) is 5.69 Å². The van der Waals surface area contributed by atoms with Crippen molar-refractivity contribution in [2.45, 2.75) is 6.92 Å². The lowest BCUT2D eigenvalue weighted by atomic mass is 10.1. The summed E-state index contributed by atoms with van der Waals surface area (Å²) in [4.78, 5) is 13.6. The summed E-state index contributed by atoms with van der Waals surface area (Å²) in [6.07, 6.45) is 1.38. The van der Waals surface area contributed by atoms with Crippen molar-refractivity contribution in [2.75, 3.05) is 0 Å². The highest BCUT2D eigenvalue weighted by molar-refractivity contribution is 6.07. The molecule has 3 rings (SSSR count). The number of benzene rings is 2. The maximum atomic E-state index is 13.5. The molecule has 0 fully saturated rings. The summed E-state index contributed by atoms with van der Waals surface area (Å²) in [5, 5.41) is 8.21. The number of aromatic nitrogens is 3. The van der Waals surface area contributed by atoms with Crippen LogP contribution in [0.3, 0.4) is 0 Å². The summed E-state index contributed by atoms with van der Waals surface area (Å²) >= 11 is 0. The SMILES string of the molecule is Cc1ccc(C(=O)c2cnn(-c3ccccc3)n2)cc1F. The van der Waals surface area contributed by atoms with Gasteiger partial charge in [-0.1, -0.05) is 30.3 Å². The van der Waals surface area contributed by atoms with Crippen LogP contribution in [0.4, 0.5) is 4.39 Å². The van der Waals surface area contributed by atoms with Crippen LogP contribution in [-0.2, 0) is 0 Å². The van der Waals surface area contributed by atoms with Crippen LogP contribution in [0.25, 0.3) is 5.69 Å². The van der Waals surface area contributed by atoms with Crippen molar-refractivity contribution in [3.05, 3.63) is 77.4 Å². The number of para-hydroxylation sites is 1. The first-order chi connectivity index (χ1) is 10.1. The molecule has 2 aromatic carbocycles. The molecule has 5 heteroatoms. The number of nitrogens with zero attached hydrogens (tertiary/aromatic N) is 3. The Kier molecular flexibility index (Phi) is 3.31. The number of hydrogen-bond donors (Lipinski definition) is 0. The van der Waals surface area contributed by atoms with E-state index in [1.165, 1.54) is 17.1 Å². The van der Waals surface area contributed by atoms with E-state index in [9.17, 15) is 9.18 Å². The zero-order valence-electron chi connectivity index (χ0n) is 11.3. The molecule has 0 aliphatic rings. The zero-order chi connectivity index (χ0) is 14.8. The van der Waals surface area contributed by atoms with Crippen LogP contribution in [0, 0.1) is 12.7 Å². The van der Waals surface area contributed by atoms with Gasteiger partial charge in [-0.3, -0.25) is 4.79 Å². The molecule has 104 valence electrons. The zero-order valence-corrected chi connectivity index (χ0v) is 11.3. The predicted molar refractivity (Wildman–Crippen MR) is 75.9 cm³/mol. The van der Waals surface area contributed by atoms with Gasteiger partial charge < -0.3 is 0 Å². The average Bonchev–Trinajstić information content (AvgIpc) is 3.00. The Bertz CT molecular complexity index is 796. The van der Waals surface area contributed by atoms with Gasteiger partial charge >= 0.3 is 0 Å². The van der Waals surface area contributed by atoms with Gasteiger partial charge in [-0.25, -0.2) is 4.39 Å². The highest BCUT2D eigenvalue weighted by Gasteiger charge is 2.15. The molecule has 1 heterocycles. The minimum absolute atomic E-state index is 0.183. The summed E-state index contributed by atoms with van der Waals surface area (Å²) in [5.41, 5.74) is 1.70. The monoisotopic (exact) mass is 281 g/mol. The summed E-state index contributed by atoms with van der Waals surface area (Å²) in [6.45, 7) is 1.65. The number of carbonyl (C=O) groups excluding carboxylic acids is 1. The molecule has 4 nitrogen and oxygen atoms in total.